The number of carbonyl (C=O) groups is 2. The summed E-state index contributed by atoms with van der Waals surface area (Å²) in [5.74, 6) is 0.634. The molecule has 0 spiro atoms. The molecule has 6 heteroatoms. The first kappa shape index (κ1) is 14.9. The Morgan fingerprint density at radius 3 is 2.57 bits per heavy atom. The number of urea groups is 1. The van der Waals surface area contributed by atoms with E-state index in [0.29, 0.717) is 18.7 Å². The molecule has 0 bridgehead atoms. The van der Waals surface area contributed by atoms with Gasteiger partial charge in [-0.05, 0) is 29.3 Å². The van der Waals surface area contributed by atoms with Crippen LogP contribution in [0.1, 0.15) is 11.1 Å². The number of anilines is 1. The van der Waals surface area contributed by atoms with Crippen molar-refractivity contribution in [2.75, 3.05) is 5.32 Å². The highest BCUT2D eigenvalue weighted by Gasteiger charge is 2.28. The third-order valence-electron chi connectivity index (χ3n) is 3.63. The van der Waals surface area contributed by atoms with Crippen molar-refractivity contribution in [2.24, 2.45) is 5.73 Å². The van der Waals surface area contributed by atoms with Crippen molar-refractivity contribution >= 4 is 17.6 Å². The number of primary amides is 1. The van der Waals surface area contributed by atoms with Crippen LogP contribution in [0.3, 0.4) is 0 Å². The average molecular weight is 311 g/mol. The smallest absolute Gasteiger partial charge is 0.316 e. The van der Waals surface area contributed by atoms with Crippen LogP contribution in [0.25, 0.3) is 0 Å². The fourth-order valence-corrected chi connectivity index (χ4v) is 2.48. The Labute approximate surface area is 133 Å². The summed E-state index contributed by atoms with van der Waals surface area (Å²) in [5.41, 5.74) is 7.63. The fraction of sp³-hybridized carbons (Fsp3) is 0.176. The van der Waals surface area contributed by atoms with E-state index >= 15 is 0 Å². The minimum absolute atomic E-state index is 0.138. The molecule has 1 aliphatic heterocycles. The first-order chi connectivity index (χ1) is 11.1. The number of hydrogen-bond donors (Lipinski definition) is 3. The Kier molecular flexibility index (Phi) is 4.14. The van der Waals surface area contributed by atoms with E-state index in [2.05, 4.69) is 10.6 Å². The van der Waals surface area contributed by atoms with Crippen molar-refractivity contribution in [3.8, 4) is 5.75 Å². The first-order valence-electron chi connectivity index (χ1n) is 7.29. The molecular weight excluding hydrogens is 294 g/mol. The van der Waals surface area contributed by atoms with Gasteiger partial charge in [-0.1, -0.05) is 30.3 Å². The second-order valence-electron chi connectivity index (χ2n) is 5.32. The van der Waals surface area contributed by atoms with Gasteiger partial charge in [-0.15, -0.1) is 0 Å². The highest BCUT2D eigenvalue weighted by atomic mass is 16.5. The van der Waals surface area contributed by atoms with Gasteiger partial charge in [-0.25, -0.2) is 4.79 Å². The number of benzene rings is 2. The molecule has 0 aliphatic carbocycles. The quantitative estimate of drug-likeness (QED) is 0.803. The summed E-state index contributed by atoms with van der Waals surface area (Å²) >= 11 is 0. The van der Waals surface area contributed by atoms with E-state index in [0.717, 1.165) is 16.9 Å². The third kappa shape index (κ3) is 3.60. The normalized spacial score (nSPS) is 15.4. The maximum atomic E-state index is 12.2. The molecule has 0 fully saturated rings. The lowest BCUT2D eigenvalue weighted by atomic mass is 10.1. The summed E-state index contributed by atoms with van der Waals surface area (Å²) in [7, 11) is 0. The highest BCUT2D eigenvalue weighted by Crippen LogP contribution is 2.28. The molecule has 2 aromatic rings. The van der Waals surface area contributed by atoms with Gasteiger partial charge in [0.05, 0.1) is 0 Å². The van der Waals surface area contributed by atoms with Crippen LogP contribution in [0.4, 0.5) is 10.5 Å². The number of rotatable bonds is 4. The van der Waals surface area contributed by atoms with E-state index in [1.807, 2.05) is 36.4 Å². The van der Waals surface area contributed by atoms with Crippen molar-refractivity contribution in [1.82, 2.24) is 5.32 Å². The molecule has 0 aromatic heterocycles. The number of amides is 3. The zero-order valence-electron chi connectivity index (χ0n) is 12.4. The van der Waals surface area contributed by atoms with E-state index in [4.69, 9.17) is 10.5 Å². The molecule has 0 radical (unpaired) electrons. The first-order valence-corrected chi connectivity index (χ1v) is 7.29. The van der Waals surface area contributed by atoms with Crippen LogP contribution in [0.5, 0.6) is 5.75 Å². The molecule has 23 heavy (non-hydrogen) atoms. The number of nitrogens with one attached hydrogen (secondary N) is 2. The van der Waals surface area contributed by atoms with Gasteiger partial charge in [-0.2, -0.15) is 0 Å². The number of para-hydroxylation sites is 1. The summed E-state index contributed by atoms with van der Waals surface area (Å²) in [6, 6.07) is 14.1. The lowest BCUT2D eigenvalue weighted by Gasteiger charge is -2.11. The van der Waals surface area contributed by atoms with E-state index in [1.54, 1.807) is 12.1 Å². The SMILES string of the molecule is NC(=O)Nc1ccc(CNC(=O)C2Cc3ccccc3O2)cc1. The predicted molar refractivity (Wildman–Crippen MR) is 86.1 cm³/mol. The lowest BCUT2D eigenvalue weighted by Crippen LogP contribution is -2.37. The van der Waals surface area contributed by atoms with Crippen LogP contribution >= 0.6 is 0 Å². The topological polar surface area (TPSA) is 93.5 Å². The molecule has 1 atom stereocenters. The standard InChI is InChI=1S/C17H17N3O3/c18-17(22)20-13-7-5-11(6-8-13)10-19-16(21)15-9-12-3-1-2-4-14(12)23-15/h1-8,15H,9-10H2,(H,19,21)(H3,18,20,22). The highest BCUT2D eigenvalue weighted by molar-refractivity contribution is 5.87. The van der Waals surface area contributed by atoms with Crippen molar-refractivity contribution in [3.63, 3.8) is 0 Å². The molecule has 2 aromatic carbocycles. The molecule has 1 heterocycles. The molecule has 1 aliphatic rings. The van der Waals surface area contributed by atoms with Gasteiger partial charge >= 0.3 is 6.03 Å². The number of ether oxygens (including phenoxy) is 1. The van der Waals surface area contributed by atoms with Crippen LogP contribution in [0.15, 0.2) is 48.5 Å². The number of nitrogens with two attached hydrogens (primary N) is 1. The molecule has 3 amide bonds. The van der Waals surface area contributed by atoms with Crippen molar-refractivity contribution in [1.29, 1.82) is 0 Å². The van der Waals surface area contributed by atoms with Gasteiger partial charge in [0.1, 0.15) is 5.75 Å². The fourth-order valence-electron chi connectivity index (χ4n) is 2.48. The third-order valence-corrected chi connectivity index (χ3v) is 3.63. The van der Waals surface area contributed by atoms with Gasteiger partial charge in [-0.3, -0.25) is 4.79 Å². The van der Waals surface area contributed by atoms with Crippen molar-refractivity contribution in [3.05, 3.63) is 59.7 Å². The summed E-state index contributed by atoms with van der Waals surface area (Å²) in [6.45, 7) is 0.395. The molecule has 3 rings (SSSR count). The Morgan fingerprint density at radius 1 is 1.13 bits per heavy atom. The van der Waals surface area contributed by atoms with Crippen LogP contribution in [-0.2, 0) is 17.8 Å². The maximum absolute atomic E-state index is 12.2. The largest absolute Gasteiger partial charge is 0.480 e. The minimum Gasteiger partial charge on any atom is -0.480 e. The number of carbonyl (C=O) groups excluding carboxylic acids is 2. The van der Waals surface area contributed by atoms with Crippen LogP contribution in [0.2, 0.25) is 0 Å². The Bertz CT molecular complexity index is 703. The second kappa shape index (κ2) is 6.39. The van der Waals surface area contributed by atoms with Gasteiger partial charge in [0, 0.05) is 18.7 Å². The van der Waals surface area contributed by atoms with E-state index in [-0.39, 0.29) is 5.91 Å². The van der Waals surface area contributed by atoms with Gasteiger partial charge in [0.2, 0.25) is 0 Å². The van der Waals surface area contributed by atoms with Gasteiger partial charge in [0.15, 0.2) is 6.10 Å². The molecule has 6 nitrogen and oxygen atoms in total. The number of fused-ring (bicyclic) bond motifs is 1. The zero-order valence-corrected chi connectivity index (χ0v) is 12.4. The summed E-state index contributed by atoms with van der Waals surface area (Å²) in [6.07, 6.45) is 0.104. The van der Waals surface area contributed by atoms with E-state index in [9.17, 15) is 9.59 Å². The average Bonchev–Trinajstić information content (AvgIpc) is 2.97. The second-order valence-corrected chi connectivity index (χ2v) is 5.32. The molecule has 1 unspecified atom stereocenters. The maximum Gasteiger partial charge on any atom is 0.316 e. The molecular formula is C17H17N3O3. The lowest BCUT2D eigenvalue weighted by molar-refractivity contribution is -0.127. The van der Waals surface area contributed by atoms with Crippen LogP contribution < -0.4 is 21.1 Å². The van der Waals surface area contributed by atoms with Gasteiger partial charge in [0.25, 0.3) is 5.91 Å². The monoisotopic (exact) mass is 311 g/mol. The summed E-state index contributed by atoms with van der Waals surface area (Å²) < 4.78 is 5.65. The van der Waals surface area contributed by atoms with E-state index in [1.165, 1.54) is 0 Å². The molecule has 4 N–H and O–H groups in total. The van der Waals surface area contributed by atoms with E-state index < -0.39 is 12.1 Å². The van der Waals surface area contributed by atoms with Crippen LogP contribution in [0, 0.1) is 0 Å². The predicted octanol–water partition coefficient (Wildman–Crippen LogP) is 1.80. The van der Waals surface area contributed by atoms with Gasteiger partial charge < -0.3 is 21.1 Å². The zero-order chi connectivity index (χ0) is 16.2. The Morgan fingerprint density at radius 2 is 1.87 bits per heavy atom. The molecule has 0 saturated heterocycles. The van der Waals surface area contributed by atoms with Crippen molar-refractivity contribution in [2.45, 2.75) is 19.1 Å². The summed E-state index contributed by atoms with van der Waals surface area (Å²) in [5, 5.41) is 5.34. The molecule has 118 valence electrons. The van der Waals surface area contributed by atoms with Crippen LogP contribution in [-0.4, -0.2) is 18.0 Å². The minimum atomic E-state index is -0.607. The Hall–Kier alpha value is -3.02. The summed E-state index contributed by atoms with van der Waals surface area (Å²) in [4.78, 5) is 22.9. The molecule has 0 saturated carbocycles. The Balaban J connectivity index is 1.53. The van der Waals surface area contributed by atoms with Crippen molar-refractivity contribution < 1.29 is 14.3 Å². The number of hydrogen-bond acceptors (Lipinski definition) is 3.